The molecule has 0 saturated carbocycles. The van der Waals surface area contributed by atoms with E-state index in [4.69, 9.17) is 5.11 Å². The second kappa shape index (κ2) is 9.90. The summed E-state index contributed by atoms with van der Waals surface area (Å²) in [6.45, 7) is 3.88. The number of piperazine rings is 1. The highest BCUT2D eigenvalue weighted by atomic mass is 16.4. The van der Waals surface area contributed by atoms with Gasteiger partial charge in [0.1, 0.15) is 6.54 Å². The van der Waals surface area contributed by atoms with Crippen molar-refractivity contribution in [1.82, 2.24) is 10.2 Å². The van der Waals surface area contributed by atoms with Gasteiger partial charge in [-0.05, 0) is 24.1 Å². The Hall–Kier alpha value is -2.86. The molecule has 0 bridgehead atoms. The van der Waals surface area contributed by atoms with E-state index in [-0.39, 0.29) is 18.4 Å². The molecular weight excluding hydrogens is 354 g/mol. The van der Waals surface area contributed by atoms with Gasteiger partial charge in [0.05, 0.1) is 5.92 Å². The van der Waals surface area contributed by atoms with Crippen LogP contribution in [0.25, 0.3) is 0 Å². The van der Waals surface area contributed by atoms with Crippen LogP contribution >= 0.6 is 0 Å². The number of rotatable bonds is 8. The van der Waals surface area contributed by atoms with Crippen LogP contribution in [0.4, 0.5) is 5.69 Å². The molecule has 6 nitrogen and oxygen atoms in total. The van der Waals surface area contributed by atoms with Crippen molar-refractivity contribution in [3.05, 3.63) is 66.2 Å². The zero-order valence-electron chi connectivity index (χ0n) is 16.0. The Labute approximate surface area is 165 Å². The highest BCUT2D eigenvalue weighted by molar-refractivity contribution is 5.83. The van der Waals surface area contributed by atoms with E-state index in [1.165, 1.54) is 5.69 Å². The van der Waals surface area contributed by atoms with E-state index in [9.17, 15) is 9.59 Å². The van der Waals surface area contributed by atoms with Crippen LogP contribution in [-0.2, 0) is 16.0 Å². The van der Waals surface area contributed by atoms with Crippen LogP contribution in [0.3, 0.4) is 0 Å². The summed E-state index contributed by atoms with van der Waals surface area (Å²) in [6, 6.07) is 20.2. The summed E-state index contributed by atoms with van der Waals surface area (Å²) in [6.07, 6.45) is 0.602. The first-order valence-electron chi connectivity index (χ1n) is 9.67. The molecule has 0 aromatic heterocycles. The first-order valence-corrected chi connectivity index (χ1v) is 9.67. The number of benzene rings is 2. The molecule has 1 unspecified atom stereocenters. The van der Waals surface area contributed by atoms with Gasteiger partial charge in [-0.15, -0.1) is 0 Å². The van der Waals surface area contributed by atoms with Gasteiger partial charge >= 0.3 is 5.97 Å². The monoisotopic (exact) mass is 381 g/mol. The van der Waals surface area contributed by atoms with Crippen molar-refractivity contribution in [3.63, 3.8) is 0 Å². The van der Waals surface area contributed by atoms with Crippen molar-refractivity contribution in [2.75, 3.05) is 44.2 Å². The topological polar surface area (TPSA) is 72.9 Å². The summed E-state index contributed by atoms with van der Waals surface area (Å²) in [7, 11) is 0. The molecule has 1 atom stereocenters. The summed E-state index contributed by atoms with van der Waals surface area (Å²) >= 11 is 0. The molecular formula is C22H27N3O3. The third-order valence-electron chi connectivity index (χ3n) is 5.08. The molecule has 1 aliphatic heterocycles. The zero-order chi connectivity index (χ0) is 19.8. The molecule has 1 saturated heterocycles. The number of hydrogen-bond acceptors (Lipinski definition) is 4. The fraction of sp³-hybridized carbons (Fsp3) is 0.364. The molecule has 2 aromatic rings. The lowest BCUT2D eigenvalue weighted by atomic mass is 9.97. The quantitative estimate of drug-likeness (QED) is 0.730. The summed E-state index contributed by atoms with van der Waals surface area (Å²) in [4.78, 5) is 28.1. The van der Waals surface area contributed by atoms with E-state index in [1.54, 1.807) is 0 Å². The average Bonchev–Trinajstić information content (AvgIpc) is 2.73. The highest BCUT2D eigenvalue weighted by Gasteiger charge is 2.25. The molecule has 28 heavy (non-hydrogen) atoms. The van der Waals surface area contributed by atoms with Crippen molar-refractivity contribution in [3.8, 4) is 0 Å². The van der Waals surface area contributed by atoms with Crippen molar-refractivity contribution in [2.45, 2.75) is 6.42 Å². The molecule has 148 valence electrons. The number of hydrogen-bond donors (Lipinski definition) is 2. The molecule has 2 aromatic carbocycles. The summed E-state index contributed by atoms with van der Waals surface area (Å²) in [5.74, 6) is -1.50. The minimum absolute atomic E-state index is 0.197. The van der Waals surface area contributed by atoms with Gasteiger partial charge in [0, 0.05) is 38.4 Å². The Morgan fingerprint density at radius 2 is 1.54 bits per heavy atom. The number of amides is 1. The summed E-state index contributed by atoms with van der Waals surface area (Å²) in [5, 5.41) is 11.4. The predicted octanol–water partition coefficient (Wildman–Crippen LogP) is 1.87. The van der Waals surface area contributed by atoms with Crippen molar-refractivity contribution in [1.29, 1.82) is 0 Å². The molecule has 1 aliphatic rings. The molecule has 0 spiro atoms. The fourth-order valence-corrected chi connectivity index (χ4v) is 3.58. The second-order valence-corrected chi connectivity index (χ2v) is 7.12. The second-order valence-electron chi connectivity index (χ2n) is 7.12. The van der Waals surface area contributed by atoms with Gasteiger partial charge in [-0.1, -0.05) is 48.5 Å². The van der Waals surface area contributed by atoms with Crippen LogP contribution in [0.1, 0.15) is 5.56 Å². The molecule has 2 N–H and O–H groups in total. The maximum absolute atomic E-state index is 12.6. The summed E-state index contributed by atoms with van der Waals surface area (Å²) < 4.78 is 0. The maximum Gasteiger partial charge on any atom is 0.322 e. The largest absolute Gasteiger partial charge is 0.480 e. The number of anilines is 1. The van der Waals surface area contributed by atoms with Crippen LogP contribution in [0, 0.1) is 5.92 Å². The van der Waals surface area contributed by atoms with Crippen LogP contribution in [-0.4, -0.2) is 61.2 Å². The number of nitrogens with zero attached hydrogens (tertiary/aromatic N) is 2. The normalized spacial score (nSPS) is 15.8. The van der Waals surface area contributed by atoms with Crippen LogP contribution in [0.2, 0.25) is 0 Å². The van der Waals surface area contributed by atoms with Gasteiger partial charge in [-0.25, -0.2) is 0 Å². The molecule has 0 aliphatic carbocycles. The fourth-order valence-electron chi connectivity index (χ4n) is 3.58. The van der Waals surface area contributed by atoms with Gasteiger partial charge in [-0.3, -0.25) is 14.5 Å². The third-order valence-corrected chi connectivity index (χ3v) is 5.08. The van der Waals surface area contributed by atoms with Crippen molar-refractivity contribution < 1.29 is 14.7 Å². The number of carboxylic acids is 1. The first-order chi connectivity index (χ1) is 13.6. The van der Waals surface area contributed by atoms with E-state index in [1.807, 2.05) is 48.5 Å². The zero-order valence-corrected chi connectivity index (χ0v) is 16.0. The van der Waals surface area contributed by atoms with E-state index in [0.717, 1.165) is 31.7 Å². The Balaban J connectivity index is 1.59. The first kappa shape index (κ1) is 19.9. The van der Waals surface area contributed by atoms with Crippen molar-refractivity contribution >= 4 is 17.6 Å². The van der Waals surface area contributed by atoms with Crippen molar-refractivity contribution in [2.24, 2.45) is 5.92 Å². The standard InChI is InChI=1S/C22H27N3O3/c26-21(27)16-23-22(28)19(15-18-7-3-1-4-8-18)17-24-11-13-25(14-12-24)20-9-5-2-6-10-20/h1-10,19H,11-17H2,(H,23,28)(H,26,27). The average molecular weight is 381 g/mol. The number of aliphatic carboxylic acids is 1. The number of para-hydroxylation sites is 1. The Kier molecular flexibility index (Phi) is 7.03. The van der Waals surface area contributed by atoms with Crippen LogP contribution < -0.4 is 10.2 Å². The van der Waals surface area contributed by atoms with Crippen LogP contribution in [0.15, 0.2) is 60.7 Å². The molecule has 1 heterocycles. The summed E-state index contributed by atoms with van der Waals surface area (Å²) in [5.41, 5.74) is 2.31. The third kappa shape index (κ3) is 5.82. The van der Waals surface area contributed by atoms with Gasteiger partial charge in [0.25, 0.3) is 0 Å². The number of carbonyl (C=O) groups excluding carboxylic acids is 1. The Morgan fingerprint density at radius 1 is 0.929 bits per heavy atom. The number of nitrogens with one attached hydrogen (secondary N) is 1. The van der Waals surface area contributed by atoms with Gasteiger partial charge in [0.2, 0.25) is 5.91 Å². The lowest BCUT2D eigenvalue weighted by Crippen LogP contribution is -2.50. The minimum Gasteiger partial charge on any atom is -0.480 e. The lowest BCUT2D eigenvalue weighted by molar-refractivity contribution is -0.138. The molecule has 0 radical (unpaired) electrons. The molecule has 1 fully saturated rings. The van der Waals surface area contributed by atoms with E-state index < -0.39 is 5.97 Å². The number of carboxylic acid groups (broad SMARTS) is 1. The van der Waals surface area contributed by atoms with Gasteiger partial charge < -0.3 is 15.3 Å². The Bertz CT molecular complexity index is 759. The lowest BCUT2D eigenvalue weighted by Gasteiger charge is -2.37. The molecule has 6 heteroatoms. The smallest absolute Gasteiger partial charge is 0.322 e. The van der Waals surface area contributed by atoms with E-state index >= 15 is 0 Å². The number of carbonyl (C=O) groups is 2. The van der Waals surface area contributed by atoms with Gasteiger partial charge in [-0.2, -0.15) is 0 Å². The van der Waals surface area contributed by atoms with Crippen LogP contribution in [0.5, 0.6) is 0 Å². The van der Waals surface area contributed by atoms with Gasteiger partial charge in [0.15, 0.2) is 0 Å². The minimum atomic E-state index is -1.02. The predicted molar refractivity (Wildman–Crippen MR) is 109 cm³/mol. The maximum atomic E-state index is 12.6. The van der Waals surface area contributed by atoms with E-state index in [0.29, 0.717) is 13.0 Å². The Morgan fingerprint density at radius 3 is 2.14 bits per heavy atom. The molecule has 3 rings (SSSR count). The highest BCUT2D eigenvalue weighted by Crippen LogP contribution is 2.17. The molecule has 1 amide bonds. The van der Waals surface area contributed by atoms with E-state index in [2.05, 4.69) is 27.2 Å². The SMILES string of the molecule is O=C(O)CNC(=O)C(Cc1ccccc1)CN1CCN(c2ccccc2)CC1.